The number of anilines is 1. The molecule has 98 valence electrons. The van der Waals surface area contributed by atoms with Crippen molar-refractivity contribution < 1.29 is 9.63 Å². The van der Waals surface area contributed by atoms with E-state index < -0.39 is 5.60 Å². The van der Waals surface area contributed by atoms with Gasteiger partial charge in [0.2, 0.25) is 6.41 Å². The molecule has 0 radical (unpaired) electrons. The number of rotatable bonds is 6. The number of amides is 1. The minimum Gasteiger partial charge on any atom is -0.276 e. The molecular weight excluding hydrogens is 228 g/mol. The van der Waals surface area contributed by atoms with Gasteiger partial charge in [0.25, 0.3) is 0 Å². The summed E-state index contributed by atoms with van der Waals surface area (Å²) in [4.78, 5) is 21.0. The highest BCUT2D eigenvalue weighted by Crippen LogP contribution is 2.17. The summed E-state index contributed by atoms with van der Waals surface area (Å²) in [6.07, 6.45) is 4.14. The lowest BCUT2D eigenvalue weighted by Crippen LogP contribution is -2.33. The Balaban J connectivity index is 2.85. The Bertz CT molecular complexity index is 411. The van der Waals surface area contributed by atoms with Gasteiger partial charge in [0, 0.05) is 5.69 Å². The van der Waals surface area contributed by atoms with Crippen LogP contribution in [0.25, 0.3) is 0 Å². The number of hydroxylamine groups is 1. The molecular formula is C14H20N2O2. The van der Waals surface area contributed by atoms with Gasteiger partial charge in [0.15, 0.2) is 5.82 Å². The van der Waals surface area contributed by atoms with E-state index in [1.807, 2.05) is 39.0 Å². The summed E-state index contributed by atoms with van der Waals surface area (Å²) in [5.41, 5.74) is 0.469. The van der Waals surface area contributed by atoms with Crippen molar-refractivity contribution in [3.8, 4) is 0 Å². The molecule has 1 aromatic rings. The van der Waals surface area contributed by atoms with Gasteiger partial charge < -0.3 is 0 Å². The molecule has 0 spiro atoms. The van der Waals surface area contributed by atoms with Crippen molar-refractivity contribution in [1.29, 1.82) is 0 Å². The first-order valence-electron chi connectivity index (χ1n) is 5.97. The second kappa shape index (κ2) is 6.31. The molecule has 0 unspecified atom stereocenters. The number of carbonyl (C=O) groups is 1. The fourth-order valence-corrected chi connectivity index (χ4v) is 1.40. The summed E-state index contributed by atoms with van der Waals surface area (Å²) in [5, 5.41) is 1.16. The molecule has 1 heterocycles. The zero-order valence-corrected chi connectivity index (χ0v) is 11.2. The van der Waals surface area contributed by atoms with E-state index in [1.165, 1.54) is 0 Å². The number of allylic oxidation sites excluding steroid dienone is 1. The zero-order valence-electron chi connectivity index (χ0n) is 11.2. The molecule has 0 bridgehead atoms. The molecule has 4 heteroatoms. The largest absolute Gasteiger partial charge is 0.276 e. The van der Waals surface area contributed by atoms with E-state index in [9.17, 15) is 4.79 Å². The Morgan fingerprint density at radius 2 is 2.17 bits per heavy atom. The molecule has 1 amide bonds. The second-order valence-corrected chi connectivity index (χ2v) is 4.95. The first-order chi connectivity index (χ1) is 8.46. The van der Waals surface area contributed by atoms with Crippen LogP contribution in [0.15, 0.2) is 30.9 Å². The zero-order chi connectivity index (χ0) is 13.6. The van der Waals surface area contributed by atoms with Crippen molar-refractivity contribution in [1.82, 2.24) is 4.98 Å². The van der Waals surface area contributed by atoms with Gasteiger partial charge in [-0.05, 0) is 45.7 Å². The first kappa shape index (κ1) is 14.4. The van der Waals surface area contributed by atoms with Gasteiger partial charge in [-0.15, -0.1) is 6.58 Å². The van der Waals surface area contributed by atoms with Crippen LogP contribution >= 0.6 is 0 Å². The van der Waals surface area contributed by atoms with Gasteiger partial charge in [0.1, 0.15) is 0 Å². The monoisotopic (exact) mass is 248 g/mol. The number of pyridine rings is 1. The SMILES string of the molecule is C=CCCc1cccc(N(C=O)OC(C)(C)C)n1. The Hall–Kier alpha value is -1.68. The van der Waals surface area contributed by atoms with Crippen LogP contribution in [0.1, 0.15) is 32.9 Å². The molecule has 18 heavy (non-hydrogen) atoms. The Kier molecular flexibility index (Phi) is 5.04. The summed E-state index contributed by atoms with van der Waals surface area (Å²) < 4.78 is 0. The minimum atomic E-state index is -0.445. The van der Waals surface area contributed by atoms with Crippen LogP contribution in [-0.2, 0) is 16.1 Å². The van der Waals surface area contributed by atoms with Crippen LogP contribution in [0.3, 0.4) is 0 Å². The van der Waals surface area contributed by atoms with E-state index in [2.05, 4.69) is 11.6 Å². The summed E-state index contributed by atoms with van der Waals surface area (Å²) in [5.74, 6) is 0.501. The predicted molar refractivity (Wildman–Crippen MR) is 72.1 cm³/mol. The highest BCUT2D eigenvalue weighted by molar-refractivity contribution is 5.69. The lowest BCUT2D eigenvalue weighted by molar-refractivity contribution is -0.120. The van der Waals surface area contributed by atoms with Crippen LogP contribution in [-0.4, -0.2) is 17.0 Å². The third-order valence-electron chi connectivity index (χ3n) is 2.09. The van der Waals surface area contributed by atoms with Crippen LogP contribution in [0.4, 0.5) is 5.82 Å². The predicted octanol–water partition coefficient (Wildman–Crippen LogP) is 2.89. The number of nitrogens with zero attached hydrogens (tertiary/aromatic N) is 2. The van der Waals surface area contributed by atoms with Crippen LogP contribution < -0.4 is 5.06 Å². The Morgan fingerprint density at radius 3 is 2.72 bits per heavy atom. The van der Waals surface area contributed by atoms with Crippen molar-refractivity contribution in [3.05, 3.63) is 36.5 Å². The fourth-order valence-electron chi connectivity index (χ4n) is 1.40. The topological polar surface area (TPSA) is 42.4 Å². The molecule has 0 atom stereocenters. The molecule has 0 aliphatic heterocycles. The molecule has 0 aliphatic carbocycles. The maximum atomic E-state index is 11.1. The number of aromatic nitrogens is 1. The summed E-state index contributed by atoms with van der Waals surface area (Å²) in [7, 11) is 0. The number of hydrogen-bond donors (Lipinski definition) is 0. The van der Waals surface area contributed by atoms with Gasteiger partial charge in [-0.1, -0.05) is 12.1 Å². The van der Waals surface area contributed by atoms with Gasteiger partial charge in [0.05, 0.1) is 5.60 Å². The highest BCUT2D eigenvalue weighted by atomic mass is 16.7. The molecule has 0 aromatic carbocycles. The standard InChI is InChI=1S/C14H20N2O2/c1-5-6-8-12-9-7-10-13(15-12)16(11-17)18-14(2,3)4/h5,7,9-11H,1,6,8H2,2-4H3. The van der Waals surface area contributed by atoms with Gasteiger partial charge in [-0.3, -0.25) is 9.63 Å². The van der Waals surface area contributed by atoms with E-state index in [0.29, 0.717) is 12.2 Å². The summed E-state index contributed by atoms with van der Waals surface area (Å²) >= 11 is 0. The van der Waals surface area contributed by atoms with Crippen molar-refractivity contribution >= 4 is 12.2 Å². The molecule has 0 N–H and O–H groups in total. The van der Waals surface area contributed by atoms with Crippen LogP contribution in [0.5, 0.6) is 0 Å². The van der Waals surface area contributed by atoms with Crippen molar-refractivity contribution in [3.63, 3.8) is 0 Å². The molecule has 4 nitrogen and oxygen atoms in total. The van der Waals surface area contributed by atoms with Gasteiger partial charge in [-0.2, -0.15) is 5.06 Å². The Morgan fingerprint density at radius 1 is 1.44 bits per heavy atom. The smallest absolute Gasteiger partial charge is 0.239 e. The minimum absolute atomic E-state index is 0.445. The number of carbonyl (C=O) groups excluding carboxylic acids is 1. The lowest BCUT2D eigenvalue weighted by atomic mass is 10.2. The fraction of sp³-hybridized carbons (Fsp3) is 0.429. The van der Waals surface area contributed by atoms with Crippen LogP contribution in [0.2, 0.25) is 0 Å². The van der Waals surface area contributed by atoms with Crippen molar-refractivity contribution in [2.75, 3.05) is 5.06 Å². The Labute approximate surface area is 108 Å². The molecule has 0 saturated carbocycles. The average molecular weight is 248 g/mol. The van der Waals surface area contributed by atoms with E-state index >= 15 is 0 Å². The molecule has 1 aromatic heterocycles. The van der Waals surface area contributed by atoms with Gasteiger partial charge >= 0.3 is 0 Å². The van der Waals surface area contributed by atoms with E-state index in [-0.39, 0.29) is 0 Å². The lowest BCUT2D eigenvalue weighted by Gasteiger charge is -2.25. The number of aryl methyl sites for hydroxylation is 1. The van der Waals surface area contributed by atoms with E-state index in [4.69, 9.17) is 4.84 Å². The quantitative estimate of drug-likeness (QED) is 0.441. The number of hydrogen-bond acceptors (Lipinski definition) is 3. The molecule has 0 aliphatic rings. The maximum Gasteiger partial charge on any atom is 0.239 e. The maximum absolute atomic E-state index is 11.1. The van der Waals surface area contributed by atoms with E-state index in [0.717, 1.165) is 23.6 Å². The first-order valence-corrected chi connectivity index (χ1v) is 5.97. The third-order valence-corrected chi connectivity index (χ3v) is 2.09. The molecule has 0 fully saturated rings. The van der Waals surface area contributed by atoms with Crippen molar-refractivity contribution in [2.45, 2.75) is 39.2 Å². The highest BCUT2D eigenvalue weighted by Gasteiger charge is 2.18. The molecule has 0 saturated heterocycles. The summed E-state index contributed by atoms with van der Waals surface area (Å²) in [6, 6.07) is 5.54. The van der Waals surface area contributed by atoms with Gasteiger partial charge in [-0.25, -0.2) is 4.98 Å². The van der Waals surface area contributed by atoms with E-state index in [1.54, 1.807) is 6.07 Å². The van der Waals surface area contributed by atoms with Crippen molar-refractivity contribution in [2.24, 2.45) is 0 Å². The average Bonchev–Trinajstić information content (AvgIpc) is 2.32. The normalized spacial score (nSPS) is 11.1. The third kappa shape index (κ3) is 4.67. The molecule has 1 rings (SSSR count). The van der Waals surface area contributed by atoms with Crippen LogP contribution in [0, 0.1) is 0 Å². The second-order valence-electron chi connectivity index (χ2n) is 4.95. The summed E-state index contributed by atoms with van der Waals surface area (Å²) in [6.45, 7) is 9.32.